The van der Waals surface area contributed by atoms with Crippen molar-refractivity contribution in [2.24, 2.45) is 46.3 Å². The van der Waals surface area contributed by atoms with E-state index in [1.807, 2.05) is 13.8 Å². The Bertz CT molecular complexity index is 1210. The Morgan fingerprint density at radius 3 is 2.45 bits per heavy atom. The molecule has 44 heavy (non-hydrogen) atoms. The number of thioether (sulfide) groups is 1. The summed E-state index contributed by atoms with van der Waals surface area (Å²) in [7, 11) is 0. The van der Waals surface area contributed by atoms with Crippen LogP contribution in [0.25, 0.3) is 0 Å². The van der Waals surface area contributed by atoms with Crippen LogP contribution in [-0.4, -0.2) is 80.0 Å². The van der Waals surface area contributed by atoms with Gasteiger partial charge in [-0.3, -0.25) is 19.3 Å². The summed E-state index contributed by atoms with van der Waals surface area (Å²) in [6, 6.07) is -0.603. The fourth-order valence-corrected chi connectivity index (χ4v) is 12.4. The van der Waals surface area contributed by atoms with Gasteiger partial charge in [0, 0.05) is 18.7 Å². The standard InChI is InChI=1S/C34H53N3O6S/c1-6-35-30(42)27-18(3)16-44-32-26(31(43)37(27)32)36-24(39)10-7-17(2)20-8-9-21-25-22(12-14-33(20,21)4)34(5)13-11-19(38)15-23(34)28(40)29(25)41/h17,19-23,25-26,28-29,32,38,40-41H,6-16H2,1-5H3,(H,35,42)(H,36,39). The molecular formula is C34H53N3O6S. The molecule has 4 aliphatic carbocycles. The minimum atomic E-state index is -0.789. The normalized spacial score (nSPS) is 45.4. The number of rotatable bonds is 7. The van der Waals surface area contributed by atoms with Gasteiger partial charge in [-0.1, -0.05) is 20.8 Å². The van der Waals surface area contributed by atoms with Crippen LogP contribution >= 0.6 is 11.8 Å². The first-order chi connectivity index (χ1) is 20.8. The van der Waals surface area contributed by atoms with Crippen LogP contribution < -0.4 is 10.6 Å². The number of nitrogens with zero attached hydrogens (tertiary/aromatic N) is 1. The lowest BCUT2D eigenvalue weighted by molar-refractivity contribution is -0.223. The molecule has 0 radical (unpaired) electrons. The van der Waals surface area contributed by atoms with Crippen molar-refractivity contribution in [2.75, 3.05) is 12.3 Å². The van der Waals surface area contributed by atoms with E-state index in [9.17, 15) is 29.7 Å². The van der Waals surface area contributed by atoms with Crippen molar-refractivity contribution >= 4 is 29.5 Å². The van der Waals surface area contributed by atoms with E-state index in [2.05, 4.69) is 31.4 Å². The maximum Gasteiger partial charge on any atom is 0.268 e. The number of β-lactam (4-membered cyclic amide) rings is 1. The SMILES string of the molecule is CCNC(=O)C1=C(C)CSC2C(NC(=O)CCC(C)C3CCC4C5C(O)C(O)C6CC(O)CCC6(C)C5CCC34C)C(=O)N12. The van der Waals surface area contributed by atoms with Crippen LogP contribution in [-0.2, 0) is 14.4 Å². The number of likely N-dealkylation sites (N-methyl/N-ethyl adjacent to an activating group) is 1. The van der Waals surface area contributed by atoms with Gasteiger partial charge in [-0.05, 0) is 117 Å². The van der Waals surface area contributed by atoms with Crippen molar-refractivity contribution in [1.82, 2.24) is 15.5 Å². The van der Waals surface area contributed by atoms with Crippen molar-refractivity contribution in [1.29, 1.82) is 0 Å². The first kappa shape index (κ1) is 32.3. The number of carbonyl (C=O) groups excluding carboxylic acids is 3. The van der Waals surface area contributed by atoms with E-state index in [0.29, 0.717) is 54.5 Å². The molecule has 6 aliphatic rings. The van der Waals surface area contributed by atoms with E-state index in [0.717, 1.165) is 50.5 Å². The van der Waals surface area contributed by atoms with Crippen LogP contribution in [0.1, 0.15) is 92.4 Å². The monoisotopic (exact) mass is 631 g/mol. The molecule has 9 nitrogen and oxygen atoms in total. The predicted molar refractivity (Wildman–Crippen MR) is 169 cm³/mol. The summed E-state index contributed by atoms with van der Waals surface area (Å²) in [5.41, 5.74) is 1.31. The minimum absolute atomic E-state index is 0.0497. The first-order valence-electron chi connectivity index (χ1n) is 17.1. The summed E-state index contributed by atoms with van der Waals surface area (Å²) in [6.45, 7) is 11.2. The van der Waals surface area contributed by atoms with Gasteiger partial charge < -0.3 is 26.0 Å². The molecule has 5 fully saturated rings. The summed E-state index contributed by atoms with van der Waals surface area (Å²) in [5.74, 6) is 1.56. The number of aliphatic hydroxyl groups excluding tert-OH is 3. The Kier molecular flexibility index (Phi) is 8.72. The summed E-state index contributed by atoms with van der Waals surface area (Å²) in [6.07, 6.45) is 5.67. The zero-order chi connectivity index (χ0) is 31.7. The second-order valence-corrected chi connectivity index (χ2v) is 16.6. The van der Waals surface area contributed by atoms with Gasteiger partial charge in [0.05, 0.1) is 18.3 Å². The highest BCUT2D eigenvalue weighted by Crippen LogP contribution is 2.68. The van der Waals surface area contributed by atoms with E-state index >= 15 is 0 Å². The zero-order valence-corrected chi connectivity index (χ0v) is 27.9. The van der Waals surface area contributed by atoms with Gasteiger partial charge in [-0.25, -0.2) is 0 Å². The van der Waals surface area contributed by atoms with E-state index in [4.69, 9.17) is 0 Å². The van der Waals surface area contributed by atoms with Crippen molar-refractivity contribution in [3.63, 3.8) is 0 Å². The molecule has 13 atom stereocenters. The average molecular weight is 632 g/mol. The van der Waals surface area contributed by atoms with E-state index in [1.54, 1.807) is 16.7 Å². The van der Waals surface area contributed by atoms with Crippen molar-refractivity contribution in [3.05, 3.63) is 11.3 Å². The third kappa shape index (κ3) is 4.96. The molecule has 0 aromatic heterocycles. The molecule has 5 N–H and O–H groups in total. The van der Waals surface area contributed by atoms with Crippen molar-refractivity contribution in [3.8, 4) is 0 Å². The van der Waals surface area contributed by atoms with Crippen LogP contribution in [0.4, 0.5) is 0 Å². The predicted octanol–water partition coefficient (Wildman–Crippen LogP) is 3.17. The molecular weight excluding hydrogens is 578 g/mol. The van der Waals surface area contributed by atoms with Gasteiger partial charge in [-0.15, -0.1) is 11.8 Å². The maximum absolute atomic E-state index is 13.1. The molecule has 3 amide bonds. The van der Waals surface area contributed by atoms with Crippen LogP contribution in [0, 0.1) is 46.3 Å². The second kappa shape index (κ2) is 11.9. The Morgan fingerprint density at radius 2 is 1.73 bits per heavy atom. The number of hydrogen-bond donors (Lipinski definition) is 5. The smallest absolute Gasteiger partial charge is 0.268 e. The van der Waals surface area contributed by atoms with Gasteiger partial charge in [0.15, 0.2) is 0 Å². The lowest BCUT2D eigenvalue weighted by Gasteiger charge is -2.63. The molecule has 0 aromatic rings. The van der Waals surface area contributed by atoms with Crippen LogP contribution in [0.15, 0.2) is 11.3 Å². The number of amides is 3. The summed E-state index contributed by atoms with van der Waals surface area (Å²) in [4.78, 5) is 40.4. The van der Waals surface area contributed by atoms with Gasteiger partial charge in [0.25, 0.3) is 11.8 Å². The lowest BCUT2D eigenvalue weighted by atomic mass is 9.43. The molecule has 246 valence electrons. The van der Waals surface area contributed by atoms with E-state index in [-0.39, 0.29) is 51.9 Å². The number of carbonyl (C=O) groups is 3. The average Bonchev–Trinajstić information content (AvgIpc) is 3.35. The molecule has 6 rings (SSSR count). The van der Waals surface area contributed by atoms with Crippen molar-refractivity contribution < 1.29 is 29.7 Å². The van der Waals surface area contributed by atoms with Gasteiger partial charge >= 0.3 is 0 Å². The van der Waals surface area contributed by atoms with Gasteiger partial charge in [0.1, 0.15) is 17.1 Å². The van der Waals surface area contributed by atoms with Crippen molar-refractivity contribution in [2.45, 2.75) is 122 Å². The van der Waals surface area contributed by atoms with Crippen LogP contribution in [0.2, 0.25) is 0 Å². The molecule has 0 spiro atoms. The number of hydrogen-bond acceptors (Lipinski definition) is 7. The molecule has 0 bridgehead atoms. The number of fused-ring (bicyclic) bond motifs is 6. The van der Waals surface area contributed by atoms with Crippen LogP contribution in [0.5, 0.6) is 0 Å². The molecule has 2 heterocycles. The summed E-state index contributed by atoms with van der Waals surface area (Å²) in [5, 5.41) is 38.8. The highest BCUT2D eigenvalue weighted by Gasteiger charge is 2.65. The lowest BCUT2D eigenvalue weighted by Crippen LogP contribution is -2.70. The Hall–Kier alpha value is -1.62. The molecule has 2 aliphatic heterocycles. The fourth-order valence-electron chi connectivity index (χ4n) is 11.1. The number of nitrogens with one attached hydrogen (secondary N) is 2. The second-order valence-electron chi connectivity index (χ2n) is 15.5. The molecule has 1 saturated heterocycles. The Labute approximate surface area is 266 Å². The van der Waals surface area contributed by atoms with Gasteiger partial charge in [-0.2, -0.15) is 0 Å². The Morgan fingerprint density at radius 1 is 1.02 bits per heavy atom. The van der Waals surface area contributed by atoms with E-state index < -0.39 is 18.2 Å². The maximum atomic E-state index is 13.1. The molecule has 4 saturated carbocycles. The highest BCUT2D eigenvalue weighted by atomic mass is 32.2. The Balaban J connectivity index is 1.07. The third-order valence-electron chi connectivity index (χ3n) is 13.3. The third-order valence-corrected chi connectivity index (χ3v) is 14.8. The largest absolute Gasteiger partial charge is 0.393 e. The van der Waals surface area contributed by atoms with Crippen LogP contribution in [0.3, 0.4) is 0 Å². The first-order valence-corrected chi connectivity index (χ1v) is 18.1. The minimum Gasteiger partial charge on any atom is -0.393 e. The topological polar surface area (TPSA) is 139 Å². The quantitative estimate of drug-likeness (QED) is 0.272. The molecule has 0 aromatic carbocycles. The molecule has 10 heteroatoms. The van der Waals surface area contributed by atoms with E-state index in [1.165, 1.54) is 0 Å². The highest BCUT2D eigenvalue weighted by molar-refractivity contribution is 8.00. The molecule has 13 unspecified atom stereocenters. The summed E-state index contributed by atoms with van der Waals surface area (Å²) >= 11 is 1.59. The summed E-state index contributed by atoms with van der Waals surface area (Å²) < 4.78 is 0. The van der Waals surface area contributed by atoms with Gasteiger partial charge in [0.2, 0.25) is 5.91 Å². The zero-order valence-electron chi connectivity index (χ0n) is 27.1. The number of aliphatic hydroxyl groups is 3. The fraction of sp³-hybridized carbons (Fsp3) is 0.853.